The molecule has 0 unspecified atom stereocenters. The number of nitrogens with zero attached hydrogens (tertiary/aromatic N) is 2. The van der Waals surface area contributed by atoms with Crippen LogP contribution in [-0.4, -0.2) is 9.13 Å². The van der Waals surface area contributed by atoms with Crippen LogP contribution in [0.1, 0.15) is 22.3 Å². The summed E-state index contributed by atoms with van der Waals surface area (Å²) >= 11 is 0. The molecule has 2 heteroatoms. The molecule has 0 aliphatic heterocycles. The number of benzene rings is 10. The molecule has 10 aromatic carbocycles. The van der Waals surface area contributed by atoms with Crippen molar-refractivity contribution >= 4 is 54.4 Å². The largest absolute Gasteiger partial charge is 0.309 e. The first kappa shape index (κ1) is 34.0. The summed E-state index contributed by atoms with van der Waals surface area (Å²) in [6.07, 6.45) is 0. The van der Waals surface area contributed by atoms with Crippen molar-refractivity contribution in [1.82, 2.24) is 9.13 Å². The van der Waals surface area contributed by atoms with Gasteiger partial charge in [0.15, 0.2) is 0 Å². The summed E-state index contributed by atoms with van der Waals surface area (Å²) in [6.45, 7) is 0. The van der Waals surface area contributed by atoms with Crippen LogP contribution >= 0.6 is 0 Å². The number of fused-ring (bicyclic) bond motifs is 10. The standard InChI is InChI=1S/C59H38N2/c1-4-18-43(19-5-1)59(44-20-6-2-7-21-44)53-26-14-12-24-47(53)49-37-52-51-36-42(30-33-57(51)60(58(52)38-54(49)59)45-22-8-3-9-23-45)41-29-32-56-50(35-41)48-25-13-15-27-55(48)61(56)46-31-28-39-16-10-11-17-40(39)34-46/h1-38H. The van der Waals surface area contributed by atoms with Gasteiger partial charge >= 0.3 is 0 Å². The van der Waals surface area contributed by atoms with E-state index in [0.717, 1.165) is 5.69 Å². The molecule has 0 fully saturated rings. The van der Waals surface area contributed by atoms with E-state index in [2.05, 4.69) is 240 Å². The van der Waals surface area contributed by atoms with Gasteiger partial charge in [-0.3, -0.25) is 0 Å². The Bertz CT molecular complexity index is 3650. The van der Waals surface area contributed by atoms with E-state index in [1.807, 2.05) is 0 Å². The third-order valence-electron chi connectivity index (χ3n) is 13.4. The van der Waals surface area contributed by atoms with Gasteiger partial charge in [0.05, 0.1) is 27.5 Å². The fourth-order valence-corrected chi connectivity index (χ4v) is 10.7. The normalized spacial score (nSPS) is 13.0. The second-order valence-electron chi connectivity index (χ2n) is 16.5. The Balaban J connectivity index is 1.06. The number of hydrogen-bond acceptors (Lipinski definition) is 0. The molecule has 0 radical (unpaired) electrons. The molecule has 12 aromatic rings. The lowest BCUT2D eigenvalue weighted by Gasteiger charge is -2.34. The van der Waals surface area contributed by atoms with Gasteiger partial charge in [0.25, 0.3) is 0 Å². The van der Waals surface area contributed by atoms with Gasteiger partial charge < -0.3 is 9.13 Å². The van der Waals surface area contributed by atoms with Crippen molar-refractivity contribution < 1.29 is 0 Å². The van der Waals surface area contributed by atoms with Crippen molar-refractivity contribution in [1.29, 1.82) is 0 Å². The average Bonchev–Trinajstić information content (AvgIpc) is 3.94. The van der Waals surface area contributed by atoms with Crippen molar-refractivity contribution in [2.75, 3.05) is 0 Å². The Kier molecular flexibility index (Phi) is 7.26. The Hall–Kier alpha value is -7.94. The highest BCUT2D eigenvalue weighted by atomic mass is 15.0. The maximum absolute atomic E-state index is 2.51. The Labute approximate surface area is 353 Å². The molecule has 0 spiro atoms. The van der Waals surface area contributed by atoms with E-state index < -0.39 is 5.41 Å². The third-order valence-corrected chi connectivity index (χ3v) is 13.4. The van der Waals surface area contributed by atoms with Gasteiger partial charge in [0, 0.05) is 32.9 Å². The number of hydrogen-bond donors (Lipinski definition) is 0. The van der Waals surface area contributed by atoms with E-state index in [1.165, 1.54) is 105 Å². The predicted octanol–water partition coefficient (Wildman–Crippen LogP) is 15.1. The number of rotatable bonds is 5. The average molecular weight is 775 g/mol. The summed E-state index contributed by atoms with van der Waals surface area (Å²) in [4.78, 5) is 0. The van der Waals surface area contributed by atoms with Crippen LogP contribution in [-0.2, 0) is 5.41 Å². The zero-order chi connectivity index (χ0) is 40.1. The zero-order valence-electron chi connectivity index (χ0n) is 33.3. The van der Waals surface area contributed by atoms with Crippen LogP contribution in [0.4, 0.5) is 0 Å². The molecule has 0 amide bonds. The van der Waals surface area contributed by atoms with Crippen LogP contribution in [0.3, 0.4) is 0 Å². The molecule has 2 heterocycles. The topological polar surface area (TPSA) is 9.86 Å². The van der Waals surface area contributed by atoms with Crippen LogP contribution in [0, 0.1) is 0 Å². The van der Waals surface area contributed by atoms with Gasteiger partial charge in [0.1, 0.15) is 0 Å². The fourth-order valence-electron chi connectivity index (χ4n) is 10.7. The summed E-state index contributed by atoms with van der Waals surface area (Å²) in [5.74, 6) is 0. The monoisotopic (exact) mass is 774 g/mol. The van der Waals surface area contributed by atoms with E-state index in [4.69, 9.17) is 0 Å². The SMILES string of the molecule is c1ccc(-n2c3ccc(-c4ccc5c(c4)c4ccccc4n5-c4ccc5ccccc5c4)cc3c3cc4c(cc32)C(c2ccccc2)(c2ccccc2)c2ccccc2-4)cc1. The molecule has 0 saturated heterocycles. The Morgan fingerprint density at radius 3 is 1.54 bits per heavy atom. The maximum atomic E-state index is 2.51. The van der Waals surface area contributed by atoms with E-state index >= 15 is 0 Å². The third kappa shape index (κ3) is 4.85. The molecule has 0 atom stereocenters. The lowest BCUT2D eigenvalue weighted by molar-refractivity contribution is 0.769. The maximum Gasteiger partial charge on any atom is 0.0714 e. The molecule has 1 aliphatic rings. The smallest absolute Gasteiger partial charge is 0.0714 e. The van der Waals surface area contributed by atoms with E-state index in [9.17, 15) is 0 Å². The minimum atomic E-state index is -0.479. The molecular weight excluding hydrogens is 737 g/mol. The summed E-state index contributed by atoms with van der Waals surface area (Å²) in [7, 11) is 0. The highest BCUT2D eigenvalue weighted by Crippen LogP contribution is 2.57. The highest BCUT2D eigenvalue weighted by Gasteiger charge is 2.46. The summed E-state index contributed by atoms with van der Waals surface area (Å²) in [6, 6.07) is 85.4. The van der Waals surface area contributed by atoms with Crippen LogP contribution in [0.15, 0.2) is 231 Å². The predicted molar refractivity (Wildman–Crippen MR) is 255 cm³/mol. The van der Waals surface area contributed by atoms with Gasteiger partial charge in [-0.15, -0.1) is 0 Å². The van der Waals surface area contributed by atoms with Crippen molar-refractivity contribution in [2.24, 2.45) is 0 Å². The summed E-state index contributed by atoms with van der Waals surface area (Å²) < 4.78 is 4.89. The Morgan fingerprint density at radius 2 is 0.820 bits per heavy atom. The van der Waals surface area contributed by atoms with E-state index in [-0.39, 0.29) is 0 Å². The van der Waals surface area contributed by atoms with E-state index in [0.29, 0.717) is 0 Å². The molecule has 0 saturated carbocycles. The first-order valence-corrected chi connectivity index (χ1v) is 21.2. The first-order chi connectivity index (χ1) is 30.3. The van der Waals surface area contributed by atoms with Gasteiger partial charge in [-0.05, 0) is 122 Å². The molecule has 61 heavy (non-hydrogen) atoms. The van der Waals surface area contributed by atoms with Gasteiger partial charge in [-0.1, -0.05) is 164 Å². The van der Waals surface area contributed by atoms with Crippen molar-refractivity contribution in [3.05, 3.63) is 253 Å². The lowest BCUT2D eigenvalue weighted by Crippen LogP contribution is -2.28. The Morgan fingerprint density at radius 1 is 0.279 bits per heavy atom. The lowest BCUT2D eigenvalue weighted by atomic mass is 9.67. The second-order valence-corrected chi connectivity index (χ2v) is 16.5. The van der Waals surface area contributed by atoms with Crippen LogP contribution in [0.5, 0.6) is 0 Å². The first-order valence-electron chi connectivity index (χ1n) is 21.2. The summed E-state index contributed by atoms with van der Waals surface area (Å²) in [5, 5.41) is 7.49. The summed E-state index contributed by atoms with van der Waals surface area (Å²) in [5.41, 5.74) is 16.8. The van der Waals surface area contributed by atoms with Crippen LogP contribution < -0.4 is 0 Å². The molecule has 0 N–H and O–H groups in total. The van der Waals surface area contributed by atoms with Crippen molar-refractivity contribution in [3.8, 4) is 33.6 Å². The molecular formula is C59H38N2. The van der Waals surface area contributed by atoms with Gasteiger partial charge in [0.2, 0.25) is 0 Å². The molecule has 284 valence electrons. The fraction of sp³-hybridized carbons (Fsp3) is 0.0169. The quantitative estimate of drug-likeness (QED) is 0.165. The minimum absolute atomic E-state index is 0.479. The number of aromatic nitrogens is 2. The second kappa shape index (κ2) is 13.0. The van der Waals surface area contributed by atoms with Crippen molar-refractivity contribution in [3.63, 3.8) is 0 Å². The molecule has 2 aromatic heterocycles. The number of para-hydroxylation sites is 2. The van der Waals surface area contributed by atoms with Gasteiger partial charge in [-0.25, -0.2) is 0 Å². The van der Waals surface area contributed by atoms with Gasteiger partial charge in [-0.2, -0.15) is 0 Å². The van der Waals surface area contributed by atoms with Crippen molar-refractivity contribution in [2.45, 2.75) is 5.41 Å². The van der Waals surface area contributed by atoms with E-state index in [1.54, 1.807) is 0 Å². The van der Waals surface area contributed by atoms with Crippen LogP contribution in [0.25, 0.3) is 88.0 Å². The molecule has 0 bridgehead atoms. The molecule has 1 aliphatic carbocycles. The molecule has 13 rings (SSSR count). The zero-order valence-corrected chi connectivity index (χ0v) is 33.3. The molecule has 2 nitrogen and oxygen atoms in total. The highest BCUT2D eigenvalue weighted by molar-refractivity contribution is 6.14. The minimum Gasteiger partial charge on any atom is -0.309 e. The van der Waals surface area contributed by atoms with Crippen LogP contribution in [0.2, 0.25) is 0 Å².